The van der Waals surface area contributed by atoms with Crippen LogP contribution in [0.25, 0.3) is 10.4 Å². The van der Waals surface area contributed by atoms with Crippen molar-refractivity contribution in [2.45, 2.75) is 86.0 Å². The Morgan fingerprint density at radius 3 is 2.22 bits per heavy atom. The van der Waals surface area contributed by atoms with Gasteiger partial charge in [0.1, 0.15) is 12.1 Å². The first-order chi connectivity index (χ1) is 17.1. The van der Waals surface area contributed by atoms with Crippen molar-refractivity contribution in [3.8, 4) is 10.4 Å². The average Bonchev–Trinajstić information content (AvgIpc) is 3.40. The Kier molecular flexibility index (Phi) is 8.49. The quantitative estimate of drug-likeness (QED) is 0.528. The maximum absolute atomic E-state index is 13.7. The highest BCUT2D eigenvalue weighted by Gasteiger charge is 2.45. The van der Waals surface area contributed by atoms with E-state index in [0.717, 1.165) is 21.7 Å². The van der Waals surface area contributed by atoms with Gasteiger partial charge in [-0.15, -0.1) is 11.3 Å². The van der Waals surface area contributed by atoms with Gasteiger partial charge in [-0.3, -0.25) is 14.4 Å². The van der Waals surface area contributed by atoms with E-state index in [9.17, 15) is 19.5 Å². The van der Waals surface area contributed by atoms with Crippen molar-refractivity contribution in [2.24, 2.45) is 10.8 Å². The highest BCUT2D eigenvalue weighted by atomic mass is 32.1. The number of amides is 3. The molecule has 0 radical (unpaired) electrons. The van der Waals surface area contributed by atoms with Gasteiger partial charge in [-0.05, 0) is 30.4 Å². The maximum atomic E-state index is 13.7. The standard InChI is InChI=1S/C28H40N4O4S/c1-16(18-9-11-19(12-10-18)22-17(2)29-15-37-22)30-24(34)21-13-20(33)14-32(21)25(35)23(27(3,4)5)31-26(36)28(6,7)8/h9-12,15-16,20-21,23,33H,13-14H2,1-8H3,(H,30,34)(H,31,36)/t16-,20+,21-,23?/m0/s1. The molecule has 1 aromatic carbocycles. The summed E-state index contributed by atoms with van der Waals surface area (Å²) in [6.45, 7) is 14.9. The fourth-order valence-electron chi connectivity index (χ4n) is 4.36. The van der Waals surface area contributed by atoms with Gasteiger partial charge >= 0.3 is 0 Å². The monoisotopic (exact) mass is 528 g/mol. The van der Waals surface area contributed by atoms with Crippen LogP contribution in [0.5, 0.6) is 0 Å². The lowest BCUT2D eigenvalue weighted by atomic mass is 9.84. The third-order valence-corrected chi connectivity index (χ3v) is 7.69. The molecule has 1 unspecified atom stereocenters. The third-order valence-electron chi connectivity index (χ3n) is 6.71. The van der Waals surface area contributed by atoms with Crippen LogP contribution in [0.4, 0.5) is 0 Å². The number of aromatic nitrogens is 1. The lowest BCUT2D eigenvalue weighted by Gasteiger charge is -2.36. The molecule has 3 N–H and O–H groups in total. The van der Waals surface area contributed by atoms with Crippen LogP contribution in [0.3, 0.4) is 0 Å². The molecule has 1 aliphatic heterocycles. The number of carbonyl (C=O) groups is 3. The number of rotatable bonds is 6. The average molecular weight is 529 g/mol. The predicted octanol–water partition coefficient (Wildman–Crippen LogP) is 3.83. The molecular formula is C28H40N4O4S. The van der Waals surface area contributed by atoms with Gasteiger partial charge in [-0.1, -0.05) is 65.8 Å². The van der Waals surface area contributed by atoms with Gasteiger partial charge < -0.3 is 20.6 Å². The van der Waals surface area contributed by atoms with Crippen LogP contribution >= 0.6 is 11.3 Å². The molecule has 0 spiro atoms. The van der Waals surface area contributed by atoms with Crippen molar-refractivity contribution < 1.29 is 19.5 Å². The first-order valence-corrected chi connectivity index (χ1v) is 13.6. The number of aryl methyl sites for hydroxylation is 1. The summed E-state index contributed by atoms with van der Waals surface area (Å²) >= 11 is 1.59. The molecular weight excluding hydrogens is 488 g/mol. The van der Waals surface area contributed by atoms with Gasteiger partial charge in [0.2, 0.25) is 17.7 Å². The van der Waals surface area contributed by atoms with Crippen LogP contribution in [0.2, 0.25) is 0 Å². The molecule has 2 aromatic rings. The fraction of sp³-hybridized carbons (Fsp3) is 0.571. The van der Waals surface area contributed by atoms with Gasteiger partial charge in [-0.25, -0.2) is 4.98 Å². The normalized spacial score (nSPS) is 19.9. The number of likely N-dealkylation sites (tertiary alicyclic amines) is 1. The number of aliphatic hydroxyl groups excluding tert-OH is 1. The van der Waals surface area contributed by atoms with Gasteiger partial charge in [-0.2, -0.15) is 0 Å². The number of thiazole rings is 1. The largest absolute Gasteiger partial charge is 0.391 e. The first kappa shape index (κ1) is 28.8. The number of nitrogens with zero attached hydrogens (tertiary/aromatic N) is 2. The number of carbonyl (C=O) groups excluding carboxylic acids is 3. The van der Waals surface area contributed by atoms with Crippen molar-refractivity contribution in [2.75, 3.05) is 6.54 Å². The third kappa shape index (κ3) is 6.76. The zero-order valence-corrected chi connectivity index (χ0v) is 23.9. The predicted molar refractivity (Wildman–Crippen MR) is 146 cm³/mol. The van der Waals surface area contributed by atoms with E-state index in [1.807, 2.05) is 64.4 Å². The van der Waals surface area contributed by atoms with E-state index in [4.69, 9.17) is 0 Å². The molecule has 4 atom stereocenters. The van der Waals surface area contributed by atoms with Crippen molar-refractivity contribution >= 4 is 29.1 Å². The lowest BCUT2D eigenvalue weighted by Crippen LogP contribution is -2.59. The second-order valence-electron chi connectivity index (χ2n) is 12.0. The maximum Gasteiger partial charge on any atom is 0.246 e. The summed E-state index contributed by atoms with van der Waals surface area (Å²) < 4.78 is 0. The van der Waals surface area contributed by atoms with Crippen LogP contribution < -0.4 is 10.6 Å². The fourth-order valence-corrected chi connectivity index (χ4v) is 5.17. The van der Waals surface area contributed by atoms with Gasteiger partial charge in [0, 0.05) is 18.4 Å². The van der Waals surface area contributed by atoms with Crippen LogP contribution in [0, 0.1) is 17.8 Å². The van der Waals surface area contributed by atoms with Crippen LogP contribution in [-0.2, 0) is 14.4 Å². The summed E-state index contributed by atoms with van der Waals surface area (Å²) in [4.78, 5) is 46.6. The Morgan fingerprint density at radius 2 is 1.70 bits per heavy atom. The lowest BCUT2D eigenvalue weighted by molar-refractivity contribution is -0.145. The second kappa shape index (κ2) is 10.9. The molecule has 202 valence electrons. The van der Waals surface area contributed by atoms with E-state index in [1.165, 1.54) is 4.90 Å². The SMILES string of the molecule is Cc1ncsc1-c1ccc([C@H](C)NC(=O)[C@@H]2C[C@@H](O)CN2C(=O)C(NC(=O)C(C)(C)C)C(C)(C)C)cc1. The second-order valence-corrected chi connectivity index (χ2v) is 12.9. The molecule has 0 saturated carbocycles. The number of hydrogen-bond donors (Lipinski definition) is 3. The summed E-state index contributed by atoms with van der Waals surface area (Å²) in [5.41, 5.74) is 3.55. The number of hydrogen-bond acceptors (Lipinski definition) is 6. The number of aliphatic hydroxyl groups is 1. The summed E-state index contributed by atoms with van der Waals surface area (Å²) in [5.74, 6) is -0.930. The molecule has 0 aliphatic carbocycles. The Hall–Kier alpha value is -2.78. The van der Waals surface area contributed by atoms with E-state index in [1.54, 1.807) is 32.1 Å². The zero-order valence-electron chi connectivity index (χ0n) is 23.1. The van der Waals surface area contributed by atoms with Gasteiger partial charge in [0.15, 0.2) is 0 Å². The Bertz CT molecular complexity index is 1130. The Morgan fingerprint density at radius 1 is 1.08 bits per heavy atom. The van der Waals surface area contributed by atoms with E-state index < -0.39 is 29.0 Å². The van der Waals surface area contributed by atoms with Crippen LogP contribution in [0.1, 0.15) is 72.2 Å². The van der Waals surface area contributed by atoms with Crippen molar-refractivity contribution in [3.05, 3.63) is 41.0 Å². The van der Waals surface area contributed by atoms with Crippen molar-refractivity contribution in [3.63, 3.8) is 0 Å². The van der Waals surface area contributed by atoms with Crippen molar-refractivity contribution in [1.82, 2.24) is 20.5 Å². The smallest absolute Gasteiger partial charge is 0.246 e. The first-order valence-electron chi connectivity index (χ1n) is 12.7. The summed E-state index contributed by atoms with van der Waals surface area (Å²) in [5, 5.41) is 16.3. The Labute approximate surface area is 223 Å². The van der Waals surface area contributed by atoms with E-state index in [0.29, 0.717) is 0 Å². The number of benzene rings is 1. The molecule has 3 rings (SSSR count). The Balaban J connectivity index is 1.74. The minimum atomic E-state index is -0.833. The highest BCUT2D eigenvalue weighted by Crippen LogP contribution is 2.30. The molecule has 0 bridgehead atoms. The molecule has 2 heterocycles. The minimum Gasteiger partial charge on any atom is -0.391 e. The highest BCUT2D eigenvalue weighted by molar-refractivity contribution is 7.13. The topological polar surface area (TPSA) is 112 Å². The van der Waals surface area contributed by atoms with Crippen molar-refractivity contribution in [1.29, 1.82) is 0 Å². The van der Waals surface area contributed by atoms with Crippen LogP contribution in [0.15, 0.2) is 29.8 Å². The number of nitrogens with one attached hydrogen (secondary N) is 2. The molecule has 8 nitrogen and oxygen atoms in total. The molecule has 1 fully saturated rings. The molecule has 37 heavy (non-hydrogen) atoms. The molecule has 3 amide bonds. The summed E-state index contributed by atoms with van der Waals surface area (Å²) in [6.07, 6.45) is -0.659. The number of β-amino-alcohol motifs (C(OH)–C–C–N with tert-alkyl or cyclic N) is 1. The van der Waals surface area contributed by atoms with E-state index >= 15 is 0 Å². The van der Waals surface area contributed by atoms with Crippen LogP contribution in [-0.4, -0.2) is 57.4 Å². The summed E-state index contributed by atoms with van der Waals surface area (Å²) in [7, 11) is 0. The van der Waals surface area contributed by atoms with E-state index in [-0.39, 0.29) is 36.7 Å². The van der Waals surface area contributed by atoms with Gasteiger partial charge in [0.05, 0.1) is 28.2 Å². The minimum absolute atomic E-state index is 0.0478. The molecule has 9 heteroatoms. The zero-order chi connectivity index (χ0) is 27.7. The molecule has 1 saturated heterocycles. The van der Waals surface area contributed by atoms with E-state index in [2.05, 4.69) is 15.6 Å². The van der Waals surface area contributed by atoms with Gasteiger partial charge in [0.25, 0.3) is 0 Å². The molecule has 1 aliphatic rings. The molecule has 1 aromatic heterocycles. The summed E-state index contributed by atoms with van der Waals surface area (Å²) in [6, 6.07) is 6.03.